The number of non-ortho nitro benzene ring substituents is 1. The molecule has 4 rings (SSSR count). The zero-order valence-corrected chi connectivity index (χ0v) is 18.0. The molecular weight excluding hydrogens is 419 g/mol. The second-order valence-electron chi connectivity index (χ2n) is 7.09. The van der Waals surface area contributed by atoms with Gasteiger partial charge in [0, 0.05) is 18.3 Å². The van der Waals surface area contributed by atoms with Crippen LogP contribution in [-0.2, 0) is 0 Å². The van der Waals surface area contributed by atoms with Crippen molar-refractivity contribution >= 4 is 46.2 Å². The van der Waals surface area contributed by atoms with Gasteiger partial charge in [-0.15, -0.1) is 0 Å². The Morgan fingerprint density at radius 3 is 1.66 bits per heavy atom. The minimum atomic E-state index is -2.23. The molecular formula is C26H21N2O3P. The zero-order chi connectivity index (χ0) is 22.4. The van der Waals surface area contributed by atoms with Gasteiger partial charge < -0.3 is 5.11 Å². The van der Waals surface area contributed by atoms with E-state index in [-0.39, 0.29) is 17.1 Å². The highest BCUT2D eigenvalue weighted by Gasteiger charge is 2.24. The van der Waals surface area contributed by atoms with Gasteiger partial charge in [0.25, 0.3) is 5.69 Å². The highest BCUT2D eigenvalue weighted by atomic mass is 31.2. The zero-order valence-electron chi connectivity index (χ0n) is 17.2. The molecule has 0 bridgehead atoms. The summed E-state index contributed by atoms with van der Waals surface area (Å²) in [6.45, 7) is -2.23. The van der Waals surface area contributed by atoms with Gasteiger partial charge in [-0.2, -0.15) is 0 Å². The van der Waals surface area contributed by atoms with Crippen molar-refractivity contribution < 1.29 is 10.0 Å². The molecule has 0 heterocycles. The third-order valence-electron chi connectivity index (χ3n) is 5.16. The van der Waals surface area contributed by atoms with Crippen molar-refractivity contribution in [2.45, 2.75) is 0 Å². The summed E-state index contributed by atoms with van der Waals surface area (Å²) in [6.07, 6.45) is 1.65. The van der Waals surface area contributed by atoms with Gasteiger partial charge in [0.15, 0.2) is 0 Å². The van der Waals surface area contributed by atoms with E-state index in [2.05, 4.69) is 47.2 Å². The Kier molecular flexibility index (Phi) is 6.29. The molecule has 5 nitrogen and oxygen atoms in total. The summed E-state index contributed by atoms with van der Waals surface area (Å²) in [4.78, 5) is 15.0. The minimum Gasteiger partial charge on any atom is -0.506 e. The van der Waals surface area contributed by atoms with E-state index in [1.54, 1.807) is 6.21 Å². The van der Waals surface area contributed by atoms with E-state index in [4.69, 9.17) is 0 Å². The van der Waals surface area contributed by atoms with Crippen LogP contribution in [0.15, 0.2) is 114 Å². The molecule has 6 heteroatoms. The number of rotatable bonds is 6. The van der Waals surface area contributed by atoms with Crippen LogP contribution in [0, 0.1) is 10.1 Å². The van der Waals surface area contributed by atoms with E-state index < -0.39 is 11.8 Å². The molecule has 0 unspecified atom stereocenters. The van der Waals surface area contributed by atoms with Gasteiger partial charge in [0.1, 0.15) is 11.4 Å². The Labute approximate surface area is 186 Å². The quantitative estimate of drug-likeness (QED) is 0.203. The fraction of sp³-hybridized carbons (Fsp3) is 0. The van der Waals surface area contributed by atoms with Crippen molar-refractivity contribution in [3.05, 3.63) is 119 Å². The summed E-state index contributed by atoms with van der Waals surface area (Å²) in [6, 6.07) is 34.6. The predicted molar refractivity (Wildman–Crippen MR) is 134 cm³/mol. The lowest BCUT2D eigenvalue weighted by Gasteiger charge is -2.28. The number of benzene rings is 4. The van der Waals surface area contributed by atoms with Crippen LogP contribution in [0.5, 0.6) is 5.75 Å². The number of nitro benzene ring substituents is 1. The monoisotopic (exact) mass is 440 g/mol. The molecule has 0 aliphatic rings. The van der Waals surface area contributed by atoms with E-state index in [0.29, 0.717) is 0 Å². The molecule has 4 aromatic carbocycles. The topological polar surface area (TPSA) is 75.7 Å². The summed E-state index contributed by atoms with van der Waals surface area (Å²) in [5.74, 6) is 1.97. The van der Waals surface area contributed by atoms with Crippen LogP contribution >= 0.6 is 6.89 Å². The second kappa shape index (κ2) is 9.46. The lowest BCUT2D eigenvalue weighted by Crippen LogP contribution is -2.27. The van der Waals surface area contributed by atoms with Gasteiger partial charge >= 0.3 is 0 Å². The van der Waals surface area contributed by atoms with Crippen LogP contribution < -0.4 is 15.9 Å². The van der Waals surface area contributed by atoms with Crippen LogP contribution in [0.3, 0.4) is 0 Å². The average molecular weight is 440 g/mol. The third kappa shape index (κ3) is 4.25. The largest absolute Gasteiger partial charge is 0.506 e. The Morgan fingerprint density at radius 2 is 1.22 bits per heavy atom. The first kappa shape index (κ1) is 21.3. The molecule has 0 aliphatic heterocycles. The molecule has 4 aromatic rings. The Bertz CT molecular complexity index is 1200. The van der Waals surface area contributed by atoms with Gasteiger partial charge in [-0.1, -0.05) is 91.0 Å². The molecule has 32 heavy (non-hydrogen) atoms. The van der Waals surface area contributed by atoms with Gasteiger partial charge in [0.2, 0.25) is 0 Å². The molecule has 0 saturated heterocycles. The molecule has 0 aromatic heterocycles. The summed E-state index contributed by atoms with van der Waals surface area (Å²) in [7, 11) is 0. The Hall–Kier alpha value is -3.95. The third-order valence-corrected chi connectivity index (χ3v) is 9.08. The maximum absolute atomic E-state index is 11.1. The summed E-state index contributed by atoms with van der Waals surface area (Å²) < 4.78 is 0. The fourth-order valence-corrected chi connectivity index (χ4v) is 7.24. The average Bonchev–Trinajstić information content (AvgIpc) is 2.84. The number of aliphatic imine (C=N–C) groups is 1. The fourth-order valence-electron chi connectivity index (χ4n) is 3.64. The van der Waals surface area contributed by atoms with E-state index in [1.807, 2.05) is 54.6 Å². The Morgan fingerprint density at radius 1 is 0.750 bits per heavy atom. The standard InChI is InChI=1S/C26H21N2O3P/c29-26-17-16-21(28(30)31)20-25(26)27-18-19-32(22-10-4-1-5-11-22,23-12-6-2-7-13-23)24-14-8-3-9-15-24/h1-20,29H. The molecule has 0 fully saturated rings. The first-order valence-electron chi connectivity index (χ1n) is 10.0. The van der Waals surface area contributed by atoms with E-state index in [0.717, 1.165) is 15.9 Å². The molecule has 0 spiro atoms. The van der Waals surface area contributed by atoms with Gasteiger partial charge in [0.05, 0.1) is 4.92 Å². The van der Waals surface area contributed by atoms with Crippen molar-refractivity contribution in [3.8, 4) is 5.75 Å². The molecule has 158 valence electrons. The summed E-state index contributed by atoms with van der Waals surface area (Å²) in [5, 5.41) is 24.8. The number of hydrogen-bond acceptors (Lipinski definition) is 4. The van der Waals surface area contributed by atoms with E-state index in [1.165, 1.54) is 18.2 Å². The maximum atomic E-state index is 11.1. The van der Waals surface area contributed by atoms with Crippen LogP contribution in [0.25, 0.3) is 0 Å². The first-order chi connectivity index (χ1) is 15.6. The van der Waals surface area contributed by atoms with Crippen molar-refractivity contribution in [2.75, 3.05) is 0 Å². The highest BCUT2D eigenvalue weighted by molar-refractivity contribution is 7.95. The van der Waals surface area contributed by atoms with Crippen LogP contribution in [-0.4, -0.2) is 22.0 Å². The van der Waals surface area contributed by atoms with Crippen LogP contribution in [0.4, 0.5) is 11.4 Å². The highest BCUT2D eigenvalue weighted by Crippen LogP contribution is 2.43. The van der Waals surface area contributed by atoms with Crippen molar-refractivity contribution in [2.24, 2.45) is 4.99 Å². The number of aromatic hydroxyl groups is 1. The molecule has 1 N–H and O–H groups in total. The normalized spacial score (nSPS) is 11.4. The van der Waals surface area contributed by atoms with Crippen LogP contribution in [0.1, 0.15) is 0 Å². The van der Waals surface area contributed by atoms with E-state index in [9.17, 15) is 15.2 Å². The molecule has 0 amide bonds. The van der Waals surface area contributed by atoms with Crippen molar-refractivity contribution in [1.82, 2.24) is 0 Å². The van der Waals surface area contributed by atoms with Crippen molar-refractivity contribution in [3.63, 3.8) is 0 Å². The number of nitro groups is 1. The summed E-state index contributed by atoms with van der Waals surface area (Å²) >= 11 is 0. The smallest absolute Gasteiger partial charge is 0.271 e. The first-order valence-corrected chi connectivity index (χ1v) is 11.9. The van der Waals surface area contributed by atoms with Crippen molar-refractivity contribution in [1.29, 1.82) is 0 Å². The van der Waals surface area contributed by atoms with Gasteiger partial charge in [-0.25, -0.2) is 0 Å². The number of phenolic OH excluding ortho intramolecular Hbond substituents is 1. The second-order valence-corrected chi connectivity index (χ2v) is 10.4. The minimum absolute atomic E-state index is 0.108. The van der Waals surface area contributed by atoms with Crippen LogP contribution in [0.2, 0.25) is 0 Å². The summed E-state index contributed by atoms with van der Waals surface area (Å²) in [5.41, 5.74) is 0.0351. The number of nitrogens with zero attached hydrogens (tertiary/aromatic N) is 2. The molecule has 0 aliphatic carbocycles. The molecule has 0 radical (unpaired) electrons. The number of hydrogen-bond donors (Lipinski definition) is 1. The maximum Gasteiger partial charge on any atom is 0.271 e. The Balaban J connectivity index is 1.96. The lowest BCUT2D eigenvalue weighted by molar-refractivity contribution is -0.384. The molecule has 0 atom stereocenters. The predicted octanol–water partition coefficient (Wildman–Crippen LogP) is 4.80. The number of phenols is 1. The van der Waals surface area contributed by atoms with Gasteiger partial charge in [-0.05, 0) is 34.7 Å². The molecule has 0 saturated carbocycles. The lowest BCUT2D eigenvalue weighted by atomic mass is 10.2. The SMILES string of the molecule is O=[N+]([O-])c1ccc(O)c(N=CC=P(c2ccccc2)(c2ccccc2)c2ccccc2)c1. The van der Waals surface area contributed by atoms with E-state index >= 15 is 0 Å². The van der Waals surface area contributed by atoms with Gasteiger partial charge in [-0.3, -0.25) is 15.1 Å².